The second-order valence-electron chi connectivity index (χ2n) is 5.80. The highest BCUT2D eigenvalue weighted by Gasteiger charge is 2.68. The summed E-state index contributed by atoms with van der Waals surface area (Å²) in [5.41, 5.74) is -0.721. The molecule has 0 spiro atoms. The average molecular weight is 318 g/mol. The molecule has 1 saturated carbocycles. The van der Waals surface area contributed by atoms with E-state index < -0.39 is 9.75 Å². The fourth-order valence-electron chi connectivity index (χ4n) is 2.46. The minimum absolute atomic E-state index is 0.160. The lowest BCUT2D eigenvalue weighted by molar-refractivity contribution is -0.120. The van der Waals surface area contributed by atoms with Gasteiger partial charge in [-0.05, 0) is 19.8 Å². The van der Waals surface area contributed by atoms with Crippen molar-refractivity contribution in [1.82, 2.24) is 9.78 Å². The van der Waals surface area contributed by atoms with E-state index in [0.29, 0.717) is 18.2 Å². The van der Waals surface area contributed by atoms with Gasteiger partial charge in [0.2, 0.25) is 5.91 Å². The molecule has 7 heteroatoms. The van der Waals surface area contributed by atoms with E-state index in [4.69, 9.17) is 27.9 Å². The summed E-state index contributed by atoms with van der Waals surface area (Å²) < 4.78 is 6.20. The van der Waals surface area contributed by atoms with Crippen molar-refractivity contribution < 1.29 is 9.53 Å². The van der Waals surface area contributed by atoms with Crippen LogP contribution < -0.4 is 5.32 Å². The van der Waals surface area contributed by atoms with Gasteiger partial charge in [-0.25, -0.2) is 4.68 Å². The Hall–Kier alpha value is -0.780. The first-order chi connectivity index (χ1) is 9.42. The summed E-state index contributed by atoms with van der Waals surface area (Å²) in [6.07, 6.45) is 3.17. The summed E-state index contributed by atoms with van der Waals surface area (Å²) in [6.45, 7) is 4.06. The first kappa shape index (κ1) is 14.2. The van der Waals surface area contributed by atoms with Crippen LogP contribution in [0.25, 0.3) is 0 Å². The number of carbonyl (C=O) groups excluding carboxylic acids is 1. The Balaban J connectivity index is 1.66. The Bertz CT molecular complexity index is 525. The van der Waals surface area contributed by atoms with E-state index in [9.17, 15) is 4.79 Å². The summed E-state index contributed by atoms with van der Waals surface area (Å²) in [5.74, 6) is 0.966. The zero-order chi connectivity index (χ0) is 14.4. The molecule has 1 aromatic rings. The van der Waals surface area contributed by atoms with Crippen LogP contribution in [0.3, 0.4) is 0 Å². The summed E-state index contributed by atoms with van der Waals surface area (Å²) in [6, 6.07) is 1.78. The lowest BCUT2D eigenvalue weighted by atomic mass is 10.1. The Morgan fingerprint density at radius 1 is 1.65 bits per heavy atom. The molecule has 1 amide bonds. The van der Waals surface area contributed by atoms with Crippen LogP contribution in [-0.2, 0) is 16.1 Å². The van der Waals surface area contributed by atoms with Crippen LogP contribution in [-0.4, -0.2) is 33.2 Å². The molecule has 2 unspecified atom stereocenters. The minimum atomic E-state index is -0.957. The van der Waals surface area contributed by atoms with Crippen molar-refractivity contribution in [1.29, 1.82) is 0 Å². The molecule has 0 aromatic carbocycles. The van der Waals surface area contributed by atoms with Gasteiger partial charge in [0.15, 0.2) is 0 Å². The highest BCUT2D eigenvalue weighted by molar-refractivity contribution is 6.53. The van der Waals surface area contributed by atoms with E-state index in [1.165, 1.54) is 0 Å². The minimum Gasteiger partial charge on any atom is -0.381 e. The van der Waals surface area contributed by atoms with Crippen LogP contribution in [0.15, 0.2) is 12.3 Å². The number of anilines is 1. The van der Waals surface area contributed by atoms with Crippen molar-refractivity contribution in [2.75, 3.05) is 18.5 Å². The van der Waals surface area contributed by atoms with Crippen molar-refractivity contribution in [2.24, 2.45) is 11.3 Å². The summed E-state index contributed by atoms with van der Waals surface area (Å²) in [5, 5.41) is 7.13. The lowest BCUT2D eigenvalue weighted by Crippen LogP contribution is -2.27. The number of ether oxygens (including phenoxy) is 1. The second kappa shape index (κ2) is 4.90. The van der Waals surface area contributed by atoms with Crippen LogP contribution in [0.5, 0.6) is 0 Å². The molecular formula is C13H17Cl2N3O2. The number of aromatic nitrogens is 2. The monoisotopic (exact) mass is 317 g/mol. The molecule has 0 bridgehead atoms. The van der Waals surface area contributed by atoms with E-state index in [-0.39, 0.29) is 5.91 Å². The molecule has 1 aromatic heterocycles. The number of hydrogen-bond donors (Lipinski definition) is 1. The van der Waals surface area contributed by atoms with Crippen LogP contribution in [0.4, 0.5) is 5.82 Å². The Labute approximate surface area is 127 Å². The molecule has 2 atom stereocenters. The van der Waals surface area contributed by atoms with Gasteiger partial charge in [0.05, 0.1) is 18.2 Å². The summed E-state index contributed by atoms with van der Waals surface area (Å²) >= 11 is 12.1. The van der Waals surface area contributed by atoms with E-state index in [2.05, 4.69) is 10.4 Å². The largest absolute Gasteiger partial charge is 0.381 e. The molecular weight excluding hydrogens is 301 g/mol. The van der Waals surface area contributed by atoms with E-state index in [0.717, 1.165) is 26.2 Å². The molecule has 20 heavy (non-hydrogen) atoms. The van der Waals surface area contributed by atoms with Gasteiger partial charge in [-0.15, -0.1) is 23.2 Å². The predicted molar refractivity (Wildman–Crippen MR) is 76.9 cm³/mol. The van der Waals surface area contributed by atoms with E-state index in [1.807, 2.05) is 0 Å². The van der Waals surface area contributed by atoms with E-state index >= 15 is 0 Å². The van der Waals surface area contributed by atoms with Gasteiger partial charge in [0.25, 0.3) is 0 Å². The van der Waals surface area contributed by atoms with Gasteiger partial charge in [-0.2, -0.15) is 5.10 Å². The quantitative estimate of drug-likeness (QED) is 0.868. The standard InChI is InChI=1S/C13H17Cl2N3O2/c1-12(8-13(12,14)15)11(19)17-10-2-4-16-18(10)6-9-3-5-20-7-9/h2,4,9H,3,5-8H2,1H3,(H,17,19). The van der Waals surface area contributed by atoms with Gasteiger partial charge in [0, 0.05) is 25.1 Å². The maximum Gasteiger partial charge on any atom is 0.234 e. The first-order valence-electron chi connectivity index (χ1n) is 6.71. The number of carbonyl (C=O) groups is 1. The highest BCUT2D eigenvalue weighted by Crippen LogP contribution is 2.64. The third-order valence-electron chi connectivity index (χ3n) is 4.17. The molecule has 2 heterocycles. The Kier molecular flexibility index (Phi) is 3.47. The molecule has 1 aliphatic heterocycles. The van der Waals surface area contributed by atoms with Crippen LogP contribution in [0, 0.1) is 11.3 Å². The Morgan fingerprint density at radius 2 is 2.40 bits per heavy atom. The molecule has 0 radical (unpaired) electrons. The van der Waals surface area contributed by atoms with Crippen molar-refractivity contribution in [3.63, 3.8) is 0 Å². The number of nitrogens with zero attached hydrogens (tertiary/aromatic N) is 2. The molecule has 1 N–H and O–H groups in total. The van der Waals surface area contributed by atoms with Crippen molar-refractivity contribution in [2.45, 2.75) is 30.6 Å². The predicted octanol–water partition coefficient (Wildman–Crippen LogP) is 2.44. The summed E-state index contributed by atoms with van der Waals surface area (Å²) in [7, 11) is 0. The fourth-order valence-corrected chi connectivity index (χ4v) is 3.16. The molecule has 3 rings (SSSR count). The Morgan fingerprint density at radius 3 is 3.00 bits per heavy atom. The zero-order valence-corrected chi connectivity index (χ0v) is 12.7. The molecule has 110 valence electrons. The van der Waals surface area contributed by atoms with Gasteiger partial charge in [0.1, 0.15) is 10.2 Å². The SMILES string of the molecule is CC1(C(=O)Nc2ccnn2CC2CCOC2)CC1(Cl)Cl. The van der Waals surface area contributed by atoms with Gasteiger partial charge >= 0.3 is 0 Å². The molecule has 1 saturated heterocycles. The third kappa shape index (κ3) is 2.43. The lowest BCUT2D eigenvalue weighted by Gasteiger charge is -2.15. The van der Waals surface area contributed by atoms with Crippen molar-refractivity contribution >= 4 is 34.9 Å². The van der Waals surface area contributed by atoms with Crippen molar-refractivity contribution in [3.05, 3.63) is 12.3 Å². The number of nitrogens with one attached hydrogen (secondary N) is 1. The van der Waals surface area contributed by atoms with Crippen LogP contribution in [0.2, 0.25) is 0 Å². The molecule has 2 aliphatic rings. The molecule has 1 aliphatic carbocycles. The number of hydrogen-bond acceptors (Lipinski definition) is 3. The number of halogens is 2. The number of rotatable bonds is 4. The first-order valence-corrected chi connectivity index (χ1v) is 7.47. The summed E-state index contributed by atoms with van der Waals surface area (Å²) in [4.78, 5) is 12.3. The van der Waals surface area contributed by atoms with Gasteiger partial charge < -0.3 is 10.1 Å². The average Bonchev–Trinajstić information content (AvgIpc) is 2.86. The third-order valence-corrected chi connectivity index (χ3v) is 5.27. The van der Waals surface area contributed by atoms with Gasteiger partial charge in [-0.3, -0.25) is 4.79 Å². The van der Waals surface area contributed by atoms with Crippen LogP contribution in [0.1, 0.15) is 19.8 Å². The molecule has 2 fully saturated rings. The molecule has 5 nitrogen and oxygen atoms in total. The zero-order valence-electron chi connectivity index (χ0n) is 11.2. The normalized spacial score (nSPS) is 31.2. The second-order valence-corrected chi connectivity index (χ2v) is 7.28. The maximum atomic E-state index is 12.3. The van der Waals surface area contributed by atoms with E-state index in [1.54, 1.807) is 23.9 Å². The van der Waals surface area contributed by atoms with Crippen LogP contribution >= 0.6 is 23.2 Å². The smallest absolute Gasteiger partial charge is 0.234 e. The maximum absolute atomic E-state index is 12.3. The fraction of sp³-hybridized carbons (Fsp3) is 0.692. The van der Waals surface area contributed by atoms with Gasteiger partial charge in [-0.1, -0.05) is 0 Å². The number of amides is 1. The number of alkyl halides is 2. The highest BCUT2D eigenvalue weighted by atomic mass is 35.5. The van der Waals surface area contributed by atoms with Crippen molar-refractivity contribution in [3.8, 4) is 0 Å². The topological polar surface area (TPSA) is 56.2 Å².